The number of hydrogen-bond donors (Lipinski definition) is 4. The highest BCUT2D eigenvalue weighted by atomic mass is 35.5. The molecule has 15 heteroatoms. The summed E-state index contributed by atoms with van der Waals surface area (Å²) in [5.74, 6) is -5.43. The number of ether oxygens (including phenoxy) is 1. The molecule has 0 aromatic heterocycles. The molecule has 0 heterocycles. The van der Waals surface area contributed by atoms with E-state index in [1.807, 2.05) is 30.3 Å². The Bertz CT molecular complexity index is 1540. The van der Waals surface area contributed by atoms with Crippen molar-refractivity contribution < 1.29 is 41.9 Å². The monoisotopic (exact) mass is 680 g/mol. The zero-order chi connectivity index (χ0) is 33.7. The van der Waals surface area contributed by atoms with Gasteiger partial charge in [0.2, 0.25) is 11.8 Å². The number of carbonyl (C=O) groups excluding carboxylic acids is 5. The van der Waals surface area contributed by atoms with E-state index in [-0.39, 0.29) is 25.9 Å². The Hall–Kier alpha value is -4.62. The summed E-state index contributed by atoms with van der Waals surface area (Å²) < 4.78 is 41.6. The summed E-state index contributed by atoms with van der Waals surface area (Å²) in [5.41, 5.74) is 2.77. The predicted molar refractivity (Wildman–Crippen MR) is 163 cm³/mol. The first-order valence-electron chi connectivity index (χ1n) is 13.8. The molecule has 1 atom stereocenters. The van der Waals surface area contributed by atoms with E-state index in [4.69, 9.17) is 23.2 Å². The van der Waals surface area contributed by atoms with E-state index in [1.165, 1.54) is 0 Å². The molecule has 3 aromatic rings. The molecular weight excluding hydrogens is 652 g/mol. The van der Waals surface area contributed by atoms with Crippen LogP contribution in [0.1, 0.15) is 36.4 Å². The molecule has 0 aliphatic carbocycles. The number of rotatable bonds is 13. The lowest BCUT2D eigenvalue weighted by Crippen LogP contribution is -2.40. The van der Waals surface area contributed by atoms with Crippen LogP contribution >= 0.6 is 23.2 Å². The second-order valence-corrected chi connectivity index (χ2v) is 10.6. The Balaban J connectivity index is 1.47. The Kier molecular flexibility index (Phi) is 13.4. The second-order valence-electron chi connectivity index (χ2n) is 9.81. The highest BCUT2D eigenvalue weighted by molar-refractivity contribution is 6.42. The molecule has 0 saturated carbocycles. The molecule has 3 rings (SSSR count). The standard InChI is InChI=1S/C31H29Cl2F3N4O6/c32-23-13-8-19(15-24(23)33)17-39-30(45)37-14-4-7-26(41)38-18-27(42)40-25(16-28(43)46-29(44)31(34,35)36)22-11-9-21(10-12-22)20-5-2-1-3-6-20/h1-3,5-6,8-13,15,25H,4,7,14,16-18H2,(H,38,41)(H,40,42)(H2,37,39,45). The van der Waals surface area contributed by atoms with Crippen molar-refractivity contribution in [3.8, 4) is 11.1 Å². The molecule has 0 spiro atoms. The normalized spacial score (nSPS) is 11.6. The van der Waals surface area contributed by atoms with Gasteiger partial charge < -0.3 is 26.0 Å². The van der Waals surface area contributed by atoms with Crippen molar-refractivity contribution in [1.82, 2.24) is 21.3 Å². The second kappa shape index (κ2) is 17.2. The highest BCUT2D eigenvalue weighted by Gasteiger charge is 2.42. The molecule has 10 nitrogen and oxygen atoms in total. The third kappa shape index (κ3) is 12.1. The van der Waals surface area contributed by atoms with E-state index in [9.17, 15) is 37.1 Å². The van der Waals surface area contributed by atoms with Gasteiger partial charge in [-0.15, -0.1) is 0 Å². The lowest BCUT2D eigenvalue weighted by atomic mass is 9.99. The van der Waals surface area contributed by atoms with Gasteiger partial charge in [-0.25, -0.2) is 9.59 Å². The number of alkyl halides is 3. The fourth-order valence-corrected chi connectivity index (χ4v) is 4.34. The van der Waals surface area contributed by atoms with Crippen LogP contribution in [0.2, 0.25) is 10.0 Å². The average Bonchev–Trinajstić information content (AvgIpc) is 3.02. The van der Waals surface area contributed by atoms with E-state index >= 15 is 0 Å². The molecule has 46 heavy (non-hydrogen) atoms. The summed E-state index contributed by atoms with van der Waals surface area (Å²) in [6.07, 6.45) is -5.94. The first kappa shape index (κ1) is 35.9. The third-order valence-electron chi connectivity index (χ3n) is 6.31. The molecular formula is C31H29Cl2F3N4O6. The maximum Gasteiger partial charge on any atom is 0.491 e. The lowest BCUT2D eigenvalue weighted by molar-refractivity contribution is -0.202. The van der Waals surface area contributed by atoms with Gasteiger partial charge in [0, 0.05) is 19.5 Å². The summed E-state index contributed by atoms with van der Waals surface area (Å²) in [6, 6.07) is 19.1. The van der Waals surface area contributed by atoms with Crippen LogP contribution in [0.15, 0.2) is 72.8 Å². The van der Waals surface area contributed by atoms with Gasteiger partial charge >= 0.3 is 24.1 Å². The number of amides is 4. The molecule has 4 N–H and O–H groups in total. The van der Waals surface area contributed by atoms with Gasteiger partial charge in [0.1, 0.15) is 0 Å². The number of nitrogens with one attached hydrogen (secondary N) is 4. The molecule has 0 fully saturated rings. The van der Waals surface area contributed by atoms with Gasteiger partial charge in [-0.3, -0.25) is 14.4 Å². The van der Waals surface area contributed by atoms with Crippen molar-refractivity contribution in [3.05, 3.63) is 94.0 Å². The van der Waals surface area contributed by atoms with Crippen molar-refractivity contribution >= 4 is 53.0 Å². The van der Waals surface area contributed by atoms with E-state index in [0.29, 0.717) is 15.6 Å². The summed E-state index contributed by atoms with van der Waals surface area (Å²) in [4.78, 5) is 60.1. The van der Waals surface area contributed by atoms with Crippen molar-refractivity contribution in [1.29, 1.82) is 0 Å². The minimum absolute atomic E-state index is 0.0311. The maximum absolute atomic E-state index is 12.6. The zero-order valence-corrected chi connectivity index (χ0v) is 25.6. The van der Waals surface area contributed by atoms with Crippen LogP contribution in [0.25, 0.3) is 11.1 Å². The smallest absolute Gasteiger partial charge is 0.386 e. The number of hydrogen-bond acceptors (Lipinski definition) is 6. The van der Waals surface area contributed by atoms with E-state index in [0.717, 1.165) is 16.7 Å². The average molecular weight is 681 g/mol. The van der Waals surface area contributed by atoms with Gasteiger partial charge in [-0.2, -0.15) is 13.2 Å². The number of esters is 2. The van der Waals surface area contributed by atoms with Crippen LogP contribution in [0.4, 0.5) is 18.0 Å². The Morgan fingerprint density at radius 1 is 0.783 bits per heavy atom. The van der Waals surface area contributed by atoms with Crippen LogP contribution in [0.3, 0.4) is 0 Å². The molecule has 0 radical (unpaired) electrons. The topological polar surface area (TPSA) is 143 Å². The molecule has 0 aliphatic heterocycles. The van der Waals surface area contributed by atoms with Crippen LogP contribution < -0.4 is 21.3 Å². The minimum Gasteiger partial charge on any atom is -0.386 e. The number of carbonyl (C=O) groups is 5. The van der Waals surface area contributed by atoms with Crippen molar-refractivity contribution in [2.75, 3.05) is 13.1 Å². The molecule has 1 unspecified atom stereocenters. The molecule has 0 saturated heterocycles. The summed E-state index contributed by atoms with van der Waals surface area (Å²) >= 11 is 11.8. The lowest BCUT2D eigenvalue weighted by Gasteiger charge is -2.19. The van der Waals surface area contributed by atoms with Gasteiger partial charge in [0.25, 0.3) is 0 Å². The zero-order valence-electron chi connectivity index (χ0n) is 24.1. The number of benzene rings is 3. The van der Waals surface area contributed by atoms with Crippen molar-refractivity contribution in [3.63, 3.8) is 0 Å². The van der Waals surface area contributed by atoms with Gasteiger partial charge in [-0.05, 0) is 40.8 Å². The predicted octanol–water partition coefficient (Wildman–Crippen LogP) is 5.24. The summed E-state index contributed by atoms with van der Waals surface area (Å²) in [7, 11) is 0. The van der Waals surface area contributed by atoms with Crippen LogP contribution in [-0.2, 0) is 30.5 Å². The van der Waals surface area contributed by atoms with Crippen LogP contribution in [-0.4, -0.2) is 49.0 Å². The first-order chi connectivity index (χ1) is 21.8. The Morgan fingerprint density at radius 3 is 2.11 bits per heavy atom. The molecule has 4 amide bonds. The fourth-order valence-electron chi connectivity index (χ4n) is 4.02. The minimum atomic E-state index is -5.37. The first-order valence-corrected chi connectivity index (χ1v) is 14.6. The Labute approximate surface area is 272 Å². The van der Waals surface area contributed by atoms with Gasteiger partial charge in [0.05, 0.1) is 29.1 Å². The fraction of sp³-hybridized carbons (Fsp3) is 0.258. The quantitative estimate of drug-likeness (QED) is 0.111. The summed E-state index contributed by atoms with van der Waals surface area (Å²) in [6.45, 7) is -0.148. The Morgan fingerprint density at radius 2 is 1.46 bits per heavy atom. The molecule has 3 aromatic carbocycles. The van der Waals surface area contributed by atoms with E-state index < -0.39 is 55.0 Å². The van der Waals surface area contributed by atoms with Gasteiger partial charge in [0.15, 0.2) is 0 Å². The SMILES string of the molecule is O=C(CCCNC(=O)NCc1ccc(Cl)c(Cl)c1)NCC(=O)NC(CC(=O)OC(=O)C(F)(F)F)c1ccc(-c2ccccc2)cc1. The number of halogens is 5. The van der Waals surface area contributed by atoms with Gasteiger partial charge in [-0.1, -0.05) is 83.9 Å². The third-order valence-corrected chi connectivity index (χ3v) is 7.05. The van der Waals surface area contributed by atoms with Crippen LogP contribution in [0.5, 0.6) is 0 Å². The van der Waals surface area contributed by atoms with E-state index in [1.54, 1.807) is 42.5 Å². The largest absolute Gasteiger partial charge is 0.491 e. The highest BCUT2D eigenvalue weighted by Crippen LogP contribution is 2.25. The molecule has 0 aliphatic rings. The van der Waals surface area contributed by atoms with Crippen LogP contribution in [0, 0.1) is 0 Å². The van der Waals surface area contributed by atoms with Crippen molar-refractivity contribution in [2.24, 2.45) is 0 Å². The maximum atomic E-state index is 12.6. The van der Waals surface area contributed by atoms with Crippen molar-refractivity contribution in [2.45, 2.75) is 38.0 Å². The molecule has 244 valence electrons. The molecule has 0 bridgehead atoms. The summed E-state index contributed by atoms with van der Waals surface area (Å²) in [5, 5.41) is 10.9. The van der Waals surface area contributed by atoms with E-state index in [2.05, 4.69) is 26.0 Å². The number of urea groups is 1.